The number of hydrogen-bond acceptors (Lipinski definition) is 2. The van der Waals surface area contributed by atoms with Crippen LogP contribution in [0.4, 0.5) is 4.79 Å². The fourth-order valence-electron chi connectivity index (χ4n) is 1.94. The first-order chi connectivity index (χ1) is 9.88. The van der Waals surface area contributed by atoms with E-state index in [4.69, 9.17) is 16.7 Å². The Kier molecular flexibility index (Phi) is 7.02. The molecule has 1 atom stereocenters. The molecular weight excluding hydrogens is 292 g/mol. The van der Waals surface area contributed by atoms with Crippen LogP contribution in [-0.2, 0) is 4.79 Å². The van der Waals surface area contributed by atoms with E-state index in [-0.39, 0.29) is 25.0 Å². The predicted octanol–water partition coefficient (Wildman–Crippen LogP) is 3.20. The smallest absolute Gasteiger partial charge is 0.315 e. The normalized spacial score (nSPS) is 12.0. The molecule has 0 saturated carbocycles. The molecule has 0 aliphatic heterocycles. The highest BCUT2D eigenvalue weighted by atomic mass is 35.5. The summed E-state index contributed by atoms with van der Waals surface area (Å²) in [4.78, 5) is 22.2. The number of rotatable bonds is 7. The molecule has 21 heavy (non-hydrogen) atoms. The number of carbonyl (C=O) groups is 2. The zero-order valence-electron chi connectivity index (χ0n) is 12.2. The largest absolute Gasteiger partial charge is 0.481 e. The van der Waals surface area contributed by atoms with Gasteiger partial charge in [-0.1, -0.05) is 37.6 Å². The van der Waals surface area contributed by atoms with Crippen LogP contribution >= 0.6 is 11.6 Å². The molecule has 1 rings (SSSR count). The Morgan fingerprint density at radius 3 is 2.38 bits per heavy atom. The van der Waals surface area contributed by atoms with Crippen LogP contribution in [-0.4, -0.2) is 23.7 Å². The second-order valence-electron chi connectivity index (χ2n) is 5.28. The molecule has 0 fully saturated rings. The first-order valence-electron chi connectivity index (χ1n) is 6.90. The van der Waals surface area contributed by atoms with Crippen molar-refractivity contribution in [2.24, 2.45) is 5.92 Å². The minimum Gasteiger partial charge on any atom is -0.481 e. The maximum atomic E-state index is 11.8. The number of benzene rings is 1. The van der Waals surface area contributed by atoms with Crippen molar-refractivity contribution in [1.29, 1.82) is 0 Å². The highest BCUT2D eigenvalue weighted by Crippen LogP contribution is 2.22. The van der Waals surface area contributed by atoms with Crippen molar-refractivity contribution < 1.29 is 14.7 Å². The lowest BCUT2D eigenvalue weighted by Crippen LogP contribution is -2.39. The highest BCUT2D eigenvalue weighted by molar-refractivity contribution is 6.30. The molecule has 0 aliphatic rings. The molecule has 0 spiro atoms. The SMILES string of the molecule is CC(C)CC(NC(=O)NCCC(=O)O)c1ccc(Cl)cc1. The first kappa shape index (κ1) is 17.3. The van der Waals surface area contributed by atoms with E-state index in [1.165, 1.54) is 0 Å². The Labute approximate surface area is 129 Å². The molecule has 2 amide bonds. The van der Waals surface area contributed by atoms with Crippen LogP contribution in [0.5, 0.6) is 0 Å². The van der Waals surface area contributed by atoms with Gasteiger partial charge in [0.15, 0.2) is 0 Å². The number of aliphatic carboxylic acids is 1. The van der Waals surface area contributed by atoms with Crippen molar-refractivity contribution >= 4 is 23.6 Å². The lowest BCUT2D eigenvalue weighted by atomic mass is 9.97. The van der Waals surface area contributed by atoms with E-state index >= 15 is 0 Å². The summed E-state index contributed by atoms with van der Waals surface area (Å²) in [6.45, 7) is 4.26. The summed E-state index contributed by atoms with van der Waals surface area (Å²) in [5, 5.41) is 14.6. The Morgan fingerprint density at radius 1 is 1.24 bits per heavy atom. The quantitative estimate of drug-likeness (QED) is 0.723. The molecule has 1 aromatic carbocycles. The van der Waals surface area contributed by atoms with E-state index in [1.54, 1.807) is 12.1 Å². The summed E-state index contributed by atoms with van der Waals surface area (Å²) < 4.78 is 0. The predicted molar refractivity (Wildman–Crippen MR) is 82.4 cm³/mol. The van der Waals surface area contributed by atoms with Gasteiger partial charge in [-0.05, 0) is 30.0 Å². The third-order valence-electron chi connectivity index (χ3n) is 2.91. The van der Waals surface area contributed by atoms with Crippen molar-refractivity contribution in [1.82, 2.24) is 10.6 Å². The van der Waals surface area contributed by atoms with E-state index < -0.39 is 5.97 Å². The number of hydrogen-bond donors (Lipinski definition) is 3. The number of halogens is 1. The molecular formula is C15H21ClN2O3. The third kappa shape index (κ3) is 6.99. The number of nitrogens with one attached hydrogen (secondary N) is 2. The molecule has 6 heteroatoms. The highest BCUT2D eigenvalue weighted by Gasteiger charge is 2.16. The van der Waals surface area contributed by atoms with Crippen LogP contribution in [0.3, 0.4) is 0 Å². The average molecular weight is 313 g/mol. The summed E-state index contributed by atoms with van der Waals surface area (Å²) in [5.41, 5.74) is 0.974. The second-order valence-corrected chi connectivity index (χ2v) is 5.71. The van der Waals surface area contributed by atoms with Crippen molar-refractivity contribution in [3.63, 3.8) is 0 Å². The number of carbonyl (C=O) groups excluding carboxylic acids is 1. The van der Waals surface area contributed by atoms with Crippen molar-refractivity contribution in [3.05, 3.63) is 34.9 Å². The molecule has 0 saturated heterocycles. The van der Waals surface area contributed by atoms with Gasteiger partial charge in [-0.3, -0.25) is 4.79 Å². The van der Waals surface area contributed by atoms with Crippen LogP contribution in [0.2, 0.25) is 5.02 Å². The van der Waals surface area contributed by atoms with E-state index in [0.717, 1.165) is 12.0 Å². The van der Waals surface area contributed by atoms with Gasteiger partial charge in [0.2, 0.25) is 0 Å². The van der Waals surface area contributed by atoms with Gasteiger partial charge < -0.3 is 15.7 Å². The Hall–Kier alpha value is -1.75. The van der Waals surface area contributed by atoms with Crippen molar-refractivity contribution in [2.75, 3.05) is 6.54 Å². The van der Waals surface area contributed by atoms with Gasteiger partial charge in [0.25, 0.3) is 0 Å². The van der Waals surface area contributed by atoms with Crippen molar-refractivity contribution in [3.8, 4) is 0 Å². The van der Waals surface area contributed by atoms with E-state index in [0.29, 0.717) is 10.9 Å². The summed E-state index contributed by atoms with van der Waals surface area (Å²) in [6, 6.07) is 6.84. The fourth-order valence-corrected chi connectivity index (χ4v) is 2.06. The lowest BCUT2D eigenvalue weighted by Gasteiger charge is -2.21. The van der Waals surface area contributed by atoms with E-state index in [2.05, 4.69) is 24.5 Å². The van der Waals surface area contributed by atoms with Crippen LogP contribution in [0.15, 0.2) is 24.3 Å². The molecule has 0 bridgehead atoms. The van der Waals surface area contributed by atoms with Gasteiger partial charge in [0.1, 0.15) is 0 Å². The Balaban J connectivity index is 2.63. The number of carboxylic acid groups (broad SMARTS) is 1. The minimum absolute atomic E-state index is 0.0940. The maximum absolute atomic E-state index is 11.8. The summed E-state index contributed by atoms with van der Waals surface area (Å²) >= 11 is 5.87. The molecule has 1 unspecified atom stereocenters. The van der Waals surface area contributed by atoms with Crippen LogP contribution < -0.4 is 10.6 Å². The van der Waals surface area contributed by atoms with E-state index in [1.807, 2.05) is 12.1 Å². The zero-order valence-corrected chi connectivity index (χ0v) is 13.0. The molecule has 0 heterocycles. The minimum atomic E-state index is -0.938. The zero-order chi connectivity index (χ0) is 15.8. The standard InChI is InChI=1S/C15H21ClN2O3/c1-10(2)9-13(11-3-5-12(16)6-4-11)18-15(21)17-8-7-14(19)20/h3-6,10,13H,7-9H2,1-2H3,(H,19,20)(H2,17,18,21). The lowest BCUT2D eigenvalue weighted by molar-refractivity contribution is -0.136. The fraction of sp³-hybridized carbons (Fsp3) is 0.467. The monoisotopic (exact) mass is 312 g/mol. The van der Waals surface area contributed by atoms with Gasteiger partial charge in [-0.2, -0.15) is 0 Å². The average Bonchev–Trinajstić information content (AvgIpc) is 2.37. The molecule has 5 nitrogen and oxygen atoms in total. The molecule has 116 valence electrons. The number of carboxylic acids is 1. The van der Waals surface area contributed by atoms with Gasteiger partial charge in [-0.25, -0.2) is 4.79 Å². The molecule has 0 aromatic heterocycles. The van der Waals surface area contributed by atoms with Gasteiger partial charge >= 0.3 is 12.0 Å². The summed E-state index contributed by atoms with van der Waals surface area (Å²) in [6.07, 6.45) is 0.692. The Morgan fingerprint density at radius 2 is 1.86 bits per heavy atom. The molecule has 3 N–H and O–H groups in total. The maximum Gasteiger partial charge on any atom is 0.315 e. The second kappa shape index (κ2) is 8.52. The number of urea groups is 1. The summed E-state index contributed by atoms with van der Waals surface area (Å²) in [5.74, 6) is -0.531. The first-order valence-corrected chi connectivity index (χ1v) is 7.28. The van der Waals surface area contributed by atoms with Crippen LogP contribution in [0, 0.1) is 5.92 Å². The van der Waals surface area contributed by atoms with Crippen molar-refractivity contribution in [2.45, 2.75) is 32.7 Å². The Bertz CT molecular complexity index is 474. The van der Waals surface area contributed by atoms with Gasteiger partial charge in [-0.15, -0.1) is 0 Å². The summed E-state index contributed by atoms with van der Waals surface area (Å²) in [7, 11) is 0. The number of amides is 2. The molecule has 1 aromatic rings. The van der Waals surface area contributed by atoms with Crippen LogP contribution in [0.25, 0.3) is 0 Å². The molecule has 0 radical (unpaired) electrons. The van der Waals surface area contributed by atoms with E-state index in [9.17, 15) is 9.59 Å². The topological polar surface area (TPSA) is 78.4 Å². The molecule has 0 aliphatic carbocycles. The van der Waals surface area contributed by atoms with Crippen LogP contribution in [0.1, 0.15) is 38.3 Å². The third-order valence-corrected chi connectivity index (χ3v) is 3.16. The van der Waals surface area contributed by atoms with Gasteiger partial charge in [0, 0.05) is 11.6 Å². The van der Waals surface area contributed by atoms with Gasteiger partial charge in [0.05, 0.1) is 12.5 Å².